The molecule has 0 saturated carbocycles. The van der Waals surface area contributed by atoms with Gasteiger partial charge in [-0.15, -0.1) is 0 Å². The Morgan fingerprint density at radius 2 is 1.79 bits per heavy atom. The summed E-state index contributed by atoms with van der Waals surface area (Å²) >= 11 is 0. The monoisotopic (exact) mass is 481 g/mol. The Morgan fingerprint density at radius 3 is 2.42 bits per heavy atom. The second-order valence-corrected chi connectivity index (χ2v) is 9.60. The summed E-state index contributed by atoms with van der Waals surface area (Å²) in [5.41, 5.74) is -1.24. The molecule has 0 fully saturated rings. The van der Waals surface area contributed by atoms with Gasteiger partial charge < -0.3 is 4.90 Å². The number of alkyl halides is 3. The van der Waals surface area contributed by atoms with Crippen molar-refractivity contribution in [2.75, 3.05) is 23.5 Å². The van der Waals surface area contributed by atoms with Crippen LogP contribution in [0.25, 0.3) is 11.1 Å². The highest BCUT2D eigenvalue weighted by Gasteiger charge is 2.34. The Morgan fingerprint density at radius 1 is 1.09 bits per heavy atom. The van der Waals surface area contributed by atoms with Crippen molar-refractivity contribution in [3.8, 4) is 11.1 Å². The first kappa shape index (κ1) is 24.3. The van der Waals surface area contributed by atoms with Crippen LogP contribution in [0.2, 0.25) is 0 Å². The van der Waals surface area contributed by atoms with Crippen LogP contribution in [0.5, 0.6) is 0 Å². The molecule has 0 radical (unpaired) electrons. The number of benzene rings is 1. The van der Waals surface area contributed by atoms with Gasteiger partial charge in [-0.25, -0.2) is 17.8 Å². The van der Waals surface area contributed by atoms with Gasteiger partial charge in [-0.3, -0.25) is 9.78 Å². The van der Waals surface area contributed by atoms with Gasteiger partial charge in [-0.05, 0) is 31.2 Å². The molecule has 2 aromatic heterocycles. The first-order valence-corrected chi connectivity index (χ1v) is 11.7. The van der Waals surface area contributed by atoms with E-state index in [1.54, 1.807) is 6.07 Å². The van der Waals surface area contributed by atoms with Crippen LogP contribution in [0.1, 0.15) is 21.7 Å². The zero-order valence-electron chi connectivity index (χ0n) is 17.6. The minimum Gasteiger partial charge on any atom is -0.305 e. The number of nitrogens with zero attached hydrogens (tertiary/aromatic N) is 3. The van der Waals surface area contributed by atoms with Crippen LogP contribution in [-0.4, -0.2) is 42.8 Å². The molecule has 1 amide bonds. The fourth-order valence-electron chi connectivity index (χ4n) is 3.19. The van der Waals surface area contributed by atoms with E-state index in [0.29, 0.717) is 6.07 Å². The summed E-state index contributed by atoms with van der Waals surface area (Å²) in [6, 6.07) is 8.94. The summed E-state index contributed by atoms with van der Waals surface area (Å²) in [4.78, 5) is 21.8. The number of halogens is 4. The molecule has 11 heteroatoms. The number of aryl methyl sites for hydroxylation is 1. The van der Waals surface area contributed by atoms with E-state index >= 15 is 0 Å². The third-order valence-electron chi connectivity index (χ3n) is 4.68. The van der Waals surface area contributed by atoms with Crippen LogP contribution in [0, 0.1) is 12.7 Å². The van der Waals surface area contributed by atoms with E-state index in [-0.39, 0.29) is 34.6 Å². The topological polar surface area (TPSA) is 80.2 Å². The van der Waals surface area contributed by atoms with Gasteiger partial charge >= 0.3 is 6.18 Å². The van der Waals surface area contributed by atoms with Gasteiger partial charge in [0.25, 0.3) is 5.91 Å². The van der Waals surface area contributed by atoms with Crippen molar-refractivity contribution < 1.29 is 30.8 Å². The Kier molecular flexibility index (Phi) is 6.82. The molecule has 3 rings (SSSR count). The number of amides is 1. The van der Waals surface area contributed by atoms with Gasteiger partial charge in [-0.1, -0.05) is 18.2 Å². The normalized spacial score (nSPS) is 11.9. The number of sulfone groups is 1. The van der Waals surface area contributed by atoms with Gasteiger partial charge in [0.1, 0.15) is 21.3 Å². The lowest BCUT2D eigenvalue weighted by molar-refractivity contribution is -0.141. The van der Waals surface area contributed by atoms with Gasteiger partial charge in [-0.2, -0.15) is 13.2 Å². The summed E-state index contributed by atoms with van der Waals surface area (Å²) in [7, 11) is -3.55. The first-order valence-electron chi connectivity index (χ1n) is 9.61. The van der Waals surface area contributed by atoms with Crippen LogP contribution in [0.3, 0.4) is 0 Å². The van der Waals surface area contributed by atoms with Crippen molar-refractivity contribution in [1.29, 1.82) is 0 Å². The third-order valence-corrected chi connectivity index (χ3v) is 5.60. The van der Waals surface area contributed by atoms with Crippen molar-refractivity contribution in [1.82, 2.24) is 9.97 Å². The minimum atomic E-state index is -4.79. The largest absolute Gasteiger partial charge is 0.433 e. The van der Waals surface area contributed by atoms with E-state index in [4.69, 9.17) is 0 Å². The second kappa shape index (κ2) is 9.26. The number of pyridine rings is 2. The molecule has 1 aromatic carbocycles. The highest BCUT2D eigenvalue weighted by atomic mass is 32.2. The maximum absolute atomic E-state index is 14.5. The van der Waals surface area contributed by atoms with Crippen molar-refractivity contribution in [2.24, 2.45) is 0 Å². The number of rotatable bonds is 6. The molecule has 174 valence electrons. The molecule has 0 N–H and O–H groups in total. The summed E-state index contributed by atoms with van der Waals surface area (Å²) in [5, 5.41) is 0. The van der Waals surface area contributed by atoms with Crippen molar-refractivity contribution in [3.05, 3.63) is 77.6 Å². The van der Waals surface area contributed by atoms with Gasteiger partial charge in [0.2, 0.25) is 0 Å². The molecule has 0 aliphatic heterocycles. The van der Waals surface area contributed by atoms with Gasteiger partial charge in [0.15, 0.2) is 0 Å². The molecule has 0 atom stereocenters. The van der Waals surface area contributed by atoms with Crippen LogP contribution < -0.4 is 4.90 Å². The van der Waals surface area contributed by atoms with E-state index in [0.717, 1.165) is 11.2 Å². The molecule has 0 bridgehead atoms. The second-order valence-electron chi connectivity index (χ2n) is 7.34. The molecule has 3 aromatic rings. The fourth-order valence-corrected chi connectivity index (χ4v) is 3.70. The quantitative estimate of drug-likeness (QED) is 0.491. The van der Waals surface area contributed by atoms with Crippen LogP contribution in [-0.2, 0) is 16.0 Å². The minimum absolute atomic E-state index is 0.0447. The first-order chi connectivity index (χ1) is 15.4. The maximum Gasteiger partial charge on any atom is 0.433 e. The highest BCUT2D eigenvalue weighted by Crippen LogP contribution is 2.33. The van der Waals surface area contributed by atoms with Crippen LogP contribution in [0.4, 0.5) is 23.2 Å². The number of anilines is 1. The number of carbonyl (C=O) groups is 1. The Balaban J connectivity index is 2.17. The Labute approximate surface area is 187 Å². The van der Waals surface area contributed by atoms with Gasteiger partial charge in [0.05, 0.1) is 17.6 Å². The molecule has 2 heterocycles. The zero-order chi connectivity index (χ0) is 24.4. The van der Waals surface area contributed by atoms with Gasteiger partial charge in [0, 0.05) is 41.4 Å². The van der Waals surface area contributed by atoms with Crippen LogP contribution >= 0.6 is 0 Å². The Bertz CT molecular complexity index is 1290. The average molecular weight is 481 g/mol. The van der Waals surface area contributed by atoms with E-state index < -0.39 is 39.2 Å². The maximum atomic E-state index is 14.5. The number of aromatic nitrogens is 2. The van der Waals surface area contributed by atoms with Crippen molar-refractivity contribution >= 4 is 21.4 Å². The van der Waals surface area contributed by atoms with Crippen LogP contribution in [0.15, 0.2) is 54.9 Å². The lowest BCUT2D eigenvalue weighted by Crippen LogP contribution is -2.36. The lowest BCUT2D eigenvalue weighted by Gasteiger charge is -2.25. The third kappa shape index (κ3) is 5.92. The Hall–Kier alpha value is -3.34. The molecule has 33 heavy (non-hydrogen) atoms. The van der Waals surface area contributed by atoms with Crippen molar-refractivity contribution in [2.45, 2.75) is 13.1 Å². The smallest absolute Gasteiger partial charge is 0.305 e. The summed E-state index contributed by atoms with van der Waals surface area (Å²) < 4.78 is 77.9. The molecule has 0 aliphatic carbocycles. The number of carbonyl (C=O) groups excluding carboxylic acids is 1. The summed E-state index contributed by atoms with van der Waals surface area (Å²) in [5.74, 6) is -1.97. The fraction of sp³-hybridized carbons (Fsp3) is 0.227. The number of hydrogen-bond donors (Lipinski definition) is 0. The molecule has 0 spiro atoms. The van der Waals surface area contributed by atoms with E-state index in [9.17, 15) is 30.8 Å². The lowest BCUT2D eigenvalue weighted by atomic mass is 10.0. The molecular formula is C22H19F4N3O3S. The van der Waals surface area contributed by atoms with E-state index in [1.807, 2.05) is 0 Å². The molecule has 0 saturated heterocycles. The summed E-state index contributed by atoms with van der Waals surface area (Å²) in [6.45, 7) is 0.926. The molecular weight excluding hydrogens is 462 g/mol. The standard InChI is InChI=1S/C22H19F4N3O3S/c1-14-11-15(12-20(28-14)22(24,25)26)21(30)29(9-10-33(2,31)32)19-13-27-8-7-17(19)16-5-3-4-6-18(16)23/h3-8,11-13H,9-10H2,1-2H3. The molecule has 0 unspecified atom stereocenters. The predicted octanol–water partition coefficient (Wildman–Crippen LogP) is 4.30. The number of hydrogen-bond acceptors (Lipinski definition) is 5. The molecule has 6 nitrogen and oxygen atoms in total. The highest BCUT2D eigenvalue weighted by molar-refractivity contribution is 7.90. The SMILES string of the molecule is Cc1cc(C(=O)N(CCS(C)(=O)=O)c2cnccc2-c2ccccc2F)cc(C(F)(F)F)n1. The van der Waals surface area contributed by atoms with Crippen molar-refractivity contribution in [3.63, 3.8) is 0 Å². The molecule has 0 aliphatic rings. The predicted molar refractivity (Wildman–Crippen MR) is 115 cm³/mol. The summed E-state index contributed by atoms with van der Waals surface area (Å²) in [6.07, 6.45) is -1.22. The van der Waals surface area contributed by atoms with E-state index in [1.165, 1.54) is 49.6 Å². The zero-order valence-corrected chi connectivity index (χ0v) is 18.4. The average Bonchev–Trinajstić information content (AvgIpc) is 2.72. The van der Waals surface area contributed by atoms with E-state index in [2.05, 4.69) is 9.97 Å².